The van der Waals surface area contributed by atoms with Gasteiger partial charge in [-0.25, -0.2) is 4.68 Å². The lowest BCUT2D eigenvalue weighted by molar-refractivity contribution is -0.113. The molecule has 1 aromatic heterocycles. The van der Waals surface area contributed by atoms with Crippen LogP contribution in [0.15, 0.2) is 58.5 Å². The van der Waals surface area contributed by atoms with Gasteiger partial charge in [0.05, 0.1) is 24.3 Å². The standard InChI is InChI=1S/C22H22BrN5O3/c1-12-6-5-7-15(8-12)27-21(29)18-13(2)26-22-24-11-25-28(22)19(18)14-9-16(23)20(31-4)17(10-14)30-3/h5-11,19H,1-4H3,(H,27,29)(H,24,25,26). The zero-order valence-electron chi connectivity index (χ0n) is 17.6. The van der Waals surface area contributed by atoms with Crippen LogP contribution in [-0.2, 0) is 4.79 Å². The van der Waals surface area contributed by atoms with Crippen LogP contribution >= 0.6 is 15.9 Å². The average Bonchev–Trinajstić information content (AvgIpc) is 3.19. The number of amides is 1. The van der Waals surface area contributed by atoms with Gasteiger partial charge in [0.1, 0.15) is 12.4 Å². The fraction of sp³-hybridized carbons (Fsp3) is 0.227. The van der Waals surface area contributed by atoms with Crippen LogP contribution in [-0.4, -0.2) is 34.9 Å². The Kier molecular flexibility index (Phi) is 5.69. The molecule has 2 heterocycles. The Morgan fingerprint density at radius 3 is 2.71 bits per heavy atom. The molecule has 1 aliphatic rings. The second kappa shape index (κ2) is 8.43. The monoisotopic (exact) mass is 483 g/mol. The van der Waals surface area contributed by atoms with Crippen molar-refractivity contribution in [1.82, 2.24) is 14.8 Å². The van der Waals surface area contributed by atoms with E-state index >= 15 is 0 Å². The van der Waals surface area contributed by atoms with Crippen molar-refractivity contribution in [3.05, 3.63) is 69.6 Å². The number of nitrogens with zero attached hydrogens (tertiary/aromatic N) is 3. The molecule has 3 aromatic rings. The van der Waals surface area contributed by atoms with Crippen molar-refractivity contribution in [3.63, 3.8) is 0 Å². The number of fused-ring (bicyclic) bond motifs is 1. The second-order valence-electron chi connectivity index (χ2n) is 7.16. The fourth-order valence-electron chi connectivity index (χ4n) is 3.71. The van der Waals surface area contributed by atoms with E-state index < -0.39 is 6.04 Å². The number of carbonyl (C=O) groups is 1. The third kappa shape index (κ3) is 3.88. The molecule has 0 bridgehead atoms. The third-order valence-corrected chi connectivity index (χ3v) is 5.68. The Balaban J connectivity index is 1.82. The third-order valence-electron chi connectivity index (χ3n) is 5.09. The number of carbonyl (C=O) groups excluding carboxylic acids is 1. The summed E-state index contributed by atoms with van der Waals surface area (Å²) in [5.41, 5.74) is 3.80. The maximum absolute atomic E-state index is 13.4. The Labute approximate surface area is 188 Å². The van der Waals surface area contributed by atoms with Gasteiger partial charge in [-0.15, -0.1) is 0 Å². The summed E-state index contributed by atoms with van der Waals surface area (Å²) >= 11 is 3.55. The van der Waals surface area contributed by atoms with Gasteiger partial charge >= 0.3 is 0 Å². The number of allylic oxidation sites excluding steroid dienone is 1. The molecule has 0 spiro atoms. The van der Waals surface area contributed by atoms with E-state index in [1.165, 1.54) is 6.33 Å². The van der Waals surface area contributed by atoms with Crippen molar-refractivity contribution >= 4 is 33.5 Å². The summed E-state index contributed by atoms with van der Waals surface area (Å²) in [6.45, 7) is 3.83. The maximum atomic E-state index is 13.4. The number of methoxy groups -OCH3 is 2. The number of benzene rings is 2. The van der Waals surface area contributed by atoms with Gasteiger partial charge in [-0.05, 0) is 65.2 Å². The minimum atomic E-state index is -0.514. The first-order valence-corrected chi connectivity index (χ1v) is 10.4. The van der Waals surface area contributed by atoms with Gasteiger partial charge in [0.2, 0.25) is 5.95 Å². The van der Waals surface area contributed by atoms with Gasteiger partial charge in [0, 0.05) is 11.4 Å². The Bertz CT molecular complexity index is 1190. The van der Waals surface area contributed by atoms with Gasteiger partial charge in [-0.1, -0.05) is 12.1 Å². The first kappa shape index (κ1) is 20.9. The van der Waals surface area contributed by atoms with Crippen LogP contribution in [0.4, 0.5) is 11.6 Å². The van der Waals surface area contributed by atoms with E-state index in [4.69, 9.17) is 9.47 Å². The number of aromatic nitrogens is 3. The maximum Gasteiger partial charge on any atom is 0.255 e. The molecule has 1 amide bonds. The molecule has 160 valence electrons. The number of hydrogen-bond donors (Lipinski definition) is 2. The number of aryl methyl sites for hydroxylation is 1. The van der Waals surface area contributed by atoms with E-state index in [1.54, 1.807) is 18.9 Å². The van der Waals surface area contributed by atoms with Gasteiger partial charge in [0.25, 0.3) is 5.91 Å². The van der Waals surface area contributed by atoms with Gasteiger partial charge in [-0.3, -0.25) is 4.79 Å². The summed E-state index contributed by atoms with van der Waals surface area (Å²) in [6.07, 6.45) is 1.46. The van der Waals surface area contributed by atoms with Crippen molar-refractivity contribution < 1.29 is 14.3 Å². The molecule has 8 nitrogen and oxygen atoms in total. The van der Waals surface area contributed by atoms with Crippen molar-refractivity contribution in [2.45, 2.75) is 19.9 Å². The SMILES string of the molecule is COc1cc(C2C(C(=O)Nc3cccc(C)c3)=C(C)Nc3ncnn32)cc(Br)c1OC. The fourth-order valence-corrected chi connectivity index (χ4v) is 4.33. The van der Waals surface area contributed by atoms with Crippen LogP contribution in [0.1, 0.15) is 24.1 Å². The molecular weight excluding hydrogens is 462 g/mol. The highest BCUT2D eigenvalue weighted by atomic mass is 79.9. The van der Waals surface area contributed by atoms with Crippen LogP contribution in [0.5, 0.6) is 11.5 Å². The molecule has 31 heavy (non-hydrogen) atoms. The quantitative estimate of drug-likeness (QED) is 0.562. The lowest BCUT2D eigenvalue weighted by Gasteiger charge is -2.29. The Morgan fingerprint density at radius 2 is 2.00 bits per heavy atom. The first-order chi connectivity index (χ1) is 14.9. The lowest BCUT2D eigenvalue weighted by Crippen LogP contribution is -2.31. The summed E-state index contributed by atoms with van der Waals surface area (Å²) in [5, 5.41) is 10.6. The average molecular weight is 484 g/mol. The summed E-state index contributed by atoms with van der Waals surface area (Å²) in [7, 11) is 3.15. The van der Waals surface area contributed by atoms with Crippen LogP contribution < -0.4 is 20.1 Å². The van der Waals surface area contributed by atoms with E-state index in [9.17, 15) is 4.79 Å². The zero-order valence-corrected chi connectivity index (χ0v) is 19.1. The predicted molar refractivity (Wildman–Crippen MR) is 122 cm³/mol. The van der Waals surface area contributed by atoms with E-state index in [0.29, 0.717) is 33.2 Å². The van der Waals surface area contributed by atoms with Crippen molar-refractivity contribution in [3.8, 4) is 11.5 Å². The molecule has 0 saturated carbocycles. The van der Waals surface area contributed by atoms with Crippen LogP contribution in [0.2, 0.25) is 0 Å². The number of hydrogen-bond acceptors (Lipinski definition) is 6. The van der Waals surface area contributed by atoms with E-state index in [-0.39, 0.29) is 5.91 Å². The molecule has 2 aromatic carbocycles. The molecule has 1 unspecified atom stereocenters. The molecule has 2 N–H and O–H groups in total. The van der Waals surface area contributed by atoms with Crippen LogP contribution in [0.3, 0.4) is 0 Å². The molecular formula is C22H22BrN5O3. The molecule has 0 saturated heterocycles. The highest BCUT2D eigenvalue weighted by Gasteiger charge is 2.34. The second-order valence-corrected chi connectivity index (χ2v) is 8.01. The molecule has 1 atom stereocenters. The normalized spacial score (nSPS) is 15.2. The highest BCUT2D eigenvalue weighted by molar-refractivity contribution is 9.10. The number of rotatable bonds is 5. The first-order valence-electron chi connectivity index (χ1n) is 9.59. The van der Waals surface area contributed by atoms with Crippen LogP contribution in [0.25, 0.3) is 0 Å². The number of nitrogens with one attached hydrogen (secondary N) is 2. The minimum Gasteiger partial charge on any atom is -0.493 e. The van der Waals surface area contributed by atoms with Crippen molar-refractivity contribution in [2.24, 2.45) is 0 Å². The van der Waals surface area contributed by atoms with E-state index in [2.05, 4.69) is 36.6 Å². The summed E-state index contributed by atoms with van der Waals surface area (Å²) < 4.78 is 13.4. The Hall–Kier alpha value is -3.33. The van der Waals surface area contributed by atoms with E-state index in [1.807, 2.05) is 50.2 Å². The highest BCUT2D eigenvalue weighted by Crippen LogP contribution is 2.42. The molecule has 0 fully saturated rings. The van der Waals surface area contributed by atoms with Gasteiger partial charge < -0.3 is 20.1 Å². The summed E-state index contributed by atoms with van der Waals surface area (Å²) in [4.78, 5) is 17.7. The summed E-state index contributed by atoms with van der Waals surface area (Å²) in [5.74, 6) is 1.45. The lowest BCUT2D eigenvalue weighted by atomic mass is 9.94. The predicted octanol–water partition coefficient (Wildman–Crippen LogP) is 4.29. The molecule has 0 aliphatic carbocycles. The van der Waals surface area contributed by atoms with Gasteiger partial charge in [0.15, 0.2) is 11.5 Å². The van der Waals surface area contributed by atoms with Crippen molar-refractivity contribution in [2.75, 3.05) is 24.9 Å². The van der Waals surface area contributed by atoms with Gasteiger partial charge in [-0.2, -0.15) is 10.1 Å². The number of anilines is 2. The zero-order chi connectivity index (χ0) is 22.1. The largest absolute Gasteiger partial charge is 0.493 e. The summed E-state index contributed by atoms with van der Waals surface area (Å²) in [6, 6.07) is 10.9. The van der Waals surface area contributed by atoms with E-state index in [0.717, 1.165) is 16.8 Å². The number of halogens is 1. The smallest absolute Gasteiger partial charge is 0.255 e. The minimum absolute atomic E-state index is 0.229. The number of ether oxygens (including phenoxy) is 2. The molecule has 4 rings (SSSR count). The molecule has 9 heteroatoms. The topological polar surface area (TPSA) is 90.3 Å². The molecule has 1 aliphatic heterocycles. The molecule has 0 radical (unpaired) electrons. The van der Waals surface area contributed by atoms with Crippen molar-refractivity contribution in [1.29, 1.82) is 0 Å². The Morgan fingerprint density at radius 1 is 1.19 bits per heavy atom. The van der Waals surface area contributed by atoms with Crippen LogP contribution in [0, 0.1) is 6.92 Å².